The highest BCUT2D eigenvalue weighted by molar-refractivity contribution is 6.94. The second-order valence-corrected chi connectivity index (χ2v) is 1.39. The Morgan fingerprint density at radius 1 is 1.50 bits per heavy atom. The van der Waals surface area contributed by atoms with Crippen LogP contribution in [0.5, 0.6) is 0 Å². The van der Waals surface area contributed by atoms with Gasteiger partial charge in [-0.1, -0.05) is 0 Å². The van der Waals surface area contributed by atoms with Crippen molar-refractivity contribution in [2.45, 2.75) is 0 Å². The number of hydrogen-bond donors (Lipinski definition) is 0. The van der Waals surface area contributed by atoms with E-state index in [0.29, 0.717) is 0 Å². The summed E-state index contributed by atoms with van der Waals surface area (Å²) in [4.78, 5) is 0. The molecule has 0 nitrogen and oxygen atoms in total. The van der Waals surface area contributed by atoms with Crippen molar-refractivity contribution in [3.8, 4) is 0 Å². The first-order valence-electron chi connectivity index (χ1n) is 1.01. The Morgan fingerprint density at radius 2 is 1.50 bits per heavy atom. The molecule has 0 spiro atoms. The standard InChI is InChI=1S/BF2H3Si/c2-1(3)4/h4H3. The van der Waals surface area contributed by atoms with Gasteiger partial charge < -0.3 is 0 Å². The zero-order valence-electron chi connectivity index (χ0n) is 2.33. The summed E-state index contributed by atoms with van der Waals surface area (Å²) in [5, 5.41) is 0. The first kappa shape index (κ1) is 4.14. The van der Waals surface area contributed by atoms with Crippen LogP contribution in [0, 0.1) is 0 Å². The molecule has 0 amide bonds. The van der Waals surface area contributed by atoms with Gasteiger partial charge in [0.2, 0.25) is 0 Å². The summed E-state index contributed by atoms with van der Waals surface area (Å²) >= 11 is 0. The van der Waals surface area contributed by atoms with Crippen LogP contribution in [0.1, 0.15) is 0 Å². The fourth-order valence-corrected chi connectivity index (χ4v) is 0. The van der Waals surface area contributed by atoms with Crippen LogP contribution in [-0.4, -0.2) is 17.0 Å². The van der Waals surface area contributed by atoms with Crippen molar-refractivity contribution in [1.29, 1.82) is 0 Å². The van der Waals surface area contributed by atoms with Gasteiger partial charge in [0.25, 0.3) is 0 Å². The predicted molar refractivity (Wildman–Crippen MR) is 17.9 cm³/mol. The van der Waals surface area contributed by atoms with Gasteiger partial charge in [-0.05, 0) is 0 Å². The Balaban J connectivity index is 2.32. The molecule has 0 bridgehead atoms. The van der Waals surface area contributed by atoms with Gasteiger partial charge in [0.1, 0.15) is 0 Å². The average Bonchev–Trinajstić information content (AvgIpc) is 0.811. The molecule has 4 heteroatoms. The minimum absolute atomic E-state index is 0.0154. The lowest BCUT2D eigenvalue weighted by Gasteiger charge is -1.61. The largest absolute Gasteiger partial charge is 0.502 e. The molecule has 0 aliphatic carbocycles. The SMILES string of the molecule is FB(F)[SiH3]. The summed E-state index contributed by atoms with van der Waals surface area (Å²) in [6.45, 7) is -2.03. The van der Waals surface area contributed by atoms with Crippen molar-refractivity contribution in [2.24, 2.45) is 0 Å². The third kappa shape index (κ3) is 139. The maximum atomic E-state index is 10.4. The zero-order chi connectivity index (χ0) is 3.58. The van der Waals surface area contributed by atoms with E-state index in [1.54, 1.807) is 0 Å². The fourth-order valence-electron chi connectivity index (χ4n) is 0. The summed E-state index contributed by atoms with van der Waals surface area (Å²) in [6.07, 6.45) is 0. The summed E-state index contributed by atoms with van der Waals surface area (Å²) in [5.41, 5.74) is 0. The van der Waals surface area contributed by atoms with Gasteiger partial charge in [0, 0.05) is 0 Å². The third-order valence-corrected chi connectivity index (χ3v) is 0. The van der Waals surface area contributed by atoms with E-state index in [1.807, 2.05) is 0 Å². The molecule has 0 rings (SSSR count). The molecule has 0 fully saturated rings. The van der Waals surface area contributed by atoms with Crippen molar-refractivity contribution in [2.75, 3.05) is 0 Å². The highest BCUT2D eigenvalue weighted by Gasteiger charge is 1.94. The Kier molecular flexibility index (Phi) is 1.51. The molecule has 0 heterocycles. The van der Waals surface area contributed by atoms with Crippen molar-refractivity contribution >= 4 is 17.0 Å². The van der Waals surface area contributed by atoms with Crippen LogP contribution in [-0.2, 0) is 0 Å². The maximum Gasteiger partial charge on any atom is 0.502 e. The zero-order valence-corrected chi connectivity index (χ0v) is 4.33. The minimum atomic E-state index is -2.03. The maximum absolute atomic E-state index is 10.4. The van der Waals surface area contributed by atoms with Crippen LogP contribution in [0.4, 0.5) is 8.63 Å². The van der Waals surface area contributed by atoms with E-state index in [-0.39, 0.29) is 10.1 Å². The van der Waals surface area contributed by atoms with E-state index in [0.717, 1.165) is 0 Å². The molecule has 0 radical (unpaired) electrons. The Bertz CT molecular complexity index is 10.8. The van der Waals surface area contributed by atoms with Gasteiger partial charge >= 0.3 is 6.86 Å². The molecule has 0 saturated carbocycles. The Hall–Kier alpha value is 0.142. The molecule has 0 atom stereocenters. The van der Waals surface area contributed by atoms with Gasteiger partial charge in [0.05, 0.1) is 10.1 Å². The quantitative estimate of drug-likeness (QED) is 0.337. The van der Waals surface area contributed by atoms with E-state index in [1.165, 1.54) is 0 Å². The Morgan fingerprint density at radius 3 is 1.50 bits per heavy atom. The molecule has 0 aromatic heterocycles. The average molecular weight is 79.9 g/mol. The molecule has 0 aliphatic heterocycles. The van der Waals surface area contributed by atoms with Crippen molar-refractivity contribution in [1.82, 2.24) is 0 Å². The second-order valence-electron chi connectivity index (χ2n) is 0.519. The predicted octanol–water partition coefficient (Wildman–Crippen LogP) is -0.724. The highest BCUT2D eigenvalue weighted by atomic mass is 28.1. The summed E-state index contributed by atoms with van der Waals surface area (Å²) in [7, 11) is 0.0154. The molecular formula is H3BF2Si. The lowest BCUT2D eigenvalue weighted by Crippen LogP contribution is -1.90. The fraction of sp³-hybridized carbons (Fsp3) is 0. The highest BCUT2D eigenvalue weighted by Crippen LogP contribution is 1.69. The van der Waals surface area contributed by atoms with E-state index in [4.69, 9.17) is 0 Å². The van der Waals surface area contributed by atoms with Crippen LogP contribution in [0.2, 0.25) is 0 Å². The molecule has 0 aromatic carbocycles. The van der Waals surface area contributed by atoms with Crippen LogP contribution >= 0.6 is 0 Å². The summed E-state index contributed by atoms with van der Waals surface area (Å²) < 4.78 is 20.8. The molecule has 0 unspecified atom stereocenters. The molecule has 0 aromatic rings. The van der Waals surface area contributed by atoms with Gasteiger partial charge in [-0.3, -0.25) is 8.63 Å². The topological polar surface area (TPSA) is 0 Å². The number of hydrogen-bond acceptors (Lipinski definition) is 0. The van der Waals surface area contributed by atoms with Crippen LogP contribution in [0.15, 0.2) is 0 Å². The summed E-state index contributed by atoms with van der Waals surface area (Å²) in [6, 6.07) is 0. The number of halogens is 2. The molecule has 0 aliphatic rings. The smallest absolute Gasteiger partial charge is 0.293 e. The van der Waals surface area contributed by atoms with Gasteiger partial charge in [-0.15, -0.1) is 0 Å². The third-order valence-electron chi connectivity index (χ3n) is 0. The van der Waals surface area contributed by atoms with Crippen LogP contribution in [0.3, 0.4) is 0 Å². The van der Waals surface area contributed by atoms with Gasteiger partial charge in [-0.2, -0.15) is 0 Å². The summed E-state index contributed by atoms with van der Waals surface area (Å²) in [5.74, 6) is 0. The van der Waals surface area contributed by atoms with Crippen molar-refractivity contribution in [3.63, 3.8) is 0 Å². The molecule has 0 saturated heterocycles. The molecule has 4 heavy (non-hydrogen) atoms. The van der Waals surface area contributed by atoms with Gasteiger partial charge in [0.15, 0.2) is 0 Å². The normalized spacial score (nSPS) is 7.50. The molecule has 24 valence electrons. The lowest BCUT2D eigenvalue weighted by atomic mass is 10.5. The van der Waals surface area contributed by atoms with E-state index in [2.05, 4.69) is 0 Å². The van der Waals surface area contributed by atoms with E-state index < -0.39 is 6.86 Å². The lowest BCUT2D eigenvalue weighted by molar-refractivity contribution is 0.698. The Labute approximate surface area is 26.7 Å². The molecule has 0 N–H and O–H groups in total. The van der Waals surface area contributed by atoms with Crippen molar-refractivity contribution in [3.05, 3.63) is 0 Å². The van der Waals surface area contributed by atoms with Crippen molar-refractivity contribution < 1.29 is 8.63 Å². The van der Waals surface area contributed by atoms with Gasteiger partial charge in [-0.25, -0.2) is 0 Å². The van der Waals surface area contributed by atoms with E-state index >= 15 is 0 Å². The van der Waals surface area contributed by atoms with Crippen LogP contribution < -0.4 is 0 Å². The van der Waals surface area contributed by atoms with Crippen LogP contribution in [0.25, 0.3) is 0 Å². The monoisotopic (exact) mass is 80.0 g/mol. The minimum Gasteiger partial charge on any atom is -0.293 e. The van der Waals surface area contributed by atoms with E-state index in [9.17, 15) is 8.63 Å². The number of rotatable bonds is 0. The molecular weight excluding hydrogens is 76.9 g/mol. The first-order valence-corrected chi connectivity index (χ1v) is 2.17. The first-order chi connectivity index (χ1) is 1.73. The second kappa shape index (κ2) is 1.46.